The van der Waals surface area contributed by atoms with Gasteiger partial charge in [-0.25, -0.2) is 8.42 Å². The maximum atomic E-state index is 11.0. The molecule has 0 bridgehead atoms. The van der Waals surface area contributed by atoms with Gasteiger partial charge in [0.05, 0.1) is 6.61 Å². The van der Waals surface area contributed by atoms with E-state index in [1.165, 1.54) is 28.2 Å². The smallest absolute Gasteiger partial charge is 0.234 e. The maximum Gasteiger partial charge on any atom is 0.234 e. The molecule has 0 heterocycles. The number of ether oxygens (including phenoxy) is 1. The molecule has 8 N–H and O–H groups in total. The van der Waals surface area contributed by atoms with E-state index in [1.807, 2.05) is 13.8 Å². The lowest BCUT2D eigenvalue weighted by molar-refractivity contribution is -0.125. The quantitative estimate of drug-likeness (QED) is 0.0552. The zero-order valence-corrected chi connectivity index (χ0v) is 36.2. The third kappa shape index (κ3) is 53.6. The fourth-order valence-electron chi connectivity index (χ4n) is 2.89. The summed E-state index contributed by atoms with van der Waals surface area (Å²) in [5.74, 6) is -3.33. The van der Waals surface area contributed by atoms with Crippen LogP contribution in [0.25, 0.3) is 0 Å². The molecule has 0 spiro atoms. The molecule has 336 valence electrons. The topological polar surface area (TPSA) is 310 Å². The third-order valence-corrected chi connectivity index (χ3v) is 8.69. The summed E-state index contributed by atoms with van der Waals surface area (Å²) in [5.41, 5.74) is 0. The predicted molar refractivity (Wildman–Crippen MR) is 220 cm³/mol. The first kappa shape index (κ1) is 64.4. The van der Waals surface area contributed by atoms with E-state index in [9.17, 15) is 55.8 Å². The molecule has 21 nitrogen and oxygen atoms in total. The lowest BCUT2D eigenvalue weighted by Gasteiger charge is -2.01. The van der Waals surface area contributed by atoms with Gasteiger partial charge in [-0.2, -0.15) is 0 Å². The standard InChI is InChI=1S/C8H15NO2.C7H14N2O2.C6H12N2O4S.C6H12N2O3S.C6H13NO2.CH4/c1-3-7(10)5-6-8(11)9-4-2;1-8-6(10)4-3-5-7(11)9-2;1-7-5(9)3-13(11,12)4-6(10)8-2;1-7-5(9)3-12(11)4-6(10)8-2;1-3-9-5-4-6(8)7-2;/h3-6H2,1-2H3,(H,9,11);3-5H2,1-2H3,(H,8,10)(H,9,11);3-4H2,1-2H3,(H,7,9)(H,8,10);3-4H2,1-2H3,(H,7,9)(H,8,10);3-5H2,1-2H3,(H,7,8);1H4. The van der Waals surface area contributed by atoms with Crippen LogP contribution in [0.3, 0.4) is 0 Å². The Kier molecular flexibility index (Phi) is 49.9. The van der Waals surface area contributed by atoms with Crippen molar-refractivity contribution < 1.29 is 60.5 Å². The number of Topliss-reactive ketones (excluding diaryl/α,β-unsaturated/α-hetero) is 1. The molecule has 8 amide bonds. The molecule has 0 aliphatic carbocycles. The molecule has 57 heavy (non-hydrogen) atoms. The molecule has 0 atom stereocenters. The third-order valence-electron chi connectivity index (χ3n) is 6.12. The van der Waals surface area contributed by atoms with Crippen LogP contribution in [-0.2, 0) is 68.5 Å². The van der Waals surface area contributed by atoms with Gasteiger partial charge in [-0.15, -0.1) is 0 Å². The lowest BCUT2D eigenvalue weighted by Crippen LogP contribution is -2.33. The van der Waals surface area contributed by atoms with E-state index >= 15 is 0 Å². The van der Waals surface area contributed by atoms with Gasteiger partial charge >= 0.3 is 0 Å². The molecule has 0 saturated carbocycles. The number of sulfone groups is 1. The van der Waals surface area contributed by atoms with Crippen LogP contribution < -0.4 is 42.5 Å². The van der Waals surface area contributed by atoms with Gasteiger partial charge in [0.2, 0.25) is 47.3 Å². The average Bonchev–Trinajstić information content (AvgIpc) is 3.16. The zero-order valence-electron chi connectivity index (χ0n) is 34.5. The van der Waals surface area contributed by atoms with Crippen LogP contribution in [0.1, 0.15) is 73.1 Å². The molecule has 0 fully saturated rings. The summed E-state index contributed by atoms with van der Waals surface area (Å²) in [5, 5.41) is 19.1. The summed E-state index contributed by atoms with van der Waals surface area (Å²) >= 11 is 0. The van der Waals surface area contributed by atoms with Gasteiger partial charge < -0.3 is 47.3 Å². The highest BCUT2D eigenvalue weighted by atomic mass is 32.2. The SMILES string of the molecule is C.CCNC(=O)CCC(=O)CC.CCOCCC(=O)NC.CNC(=O)CCCC(=O)NC.CNC(=O)CS(=O)(=O)CC(=O)NC.CNC(=O)CS(=O)CC(=O)NC. The molecule has 0 unspecified atom stereocenters. The van der Waals surface area contributed by atoms with E-state index in [-0.39, 0.29) is 60.2 Å². The van der Waals surface area contributed by atoms with Crippen LogP contribution in [0, 0.1) is 0 Å². The predicted octanol–water partition coefficient (Wildman–Crippen LogP) is -2.55. The Labute approximate surface area is 341 Å². The second kappa shape index (κ2) is 44.2. The molecule has 0 aliphatic heterocycles. The fourth-order valence-corrected chi connectivity index (χ4v) is 5.06. The van der Waals surface area contributed by atoms with Crippen molar-refractivity contribution >= 4 is 73.7 Å². The molecular formula is C34H70N8O13S2. The maximum absolute atomic E-state index is 11.0. The normalized spacial score (nSPS) is 9.39. The number of carbonyl (C=O) groups excluding carboxylic acids is 9. The summed E-state index contributed by atoms with van der Waals surface area (Å²) in [4.78, 5) is 96.0. The number of amides is 8. The van der Waals surface area contributed by atoms with Crippen molar-refractivity contribution in [3.05, 3.63) is 0 Å². The Bertz CT molecular complexity index is 1260. The Morgan fingerprint density at radius 3 is 1.19 bits per heavy atom. The molecule has 0 aliphatic rings. The van der Waals surface area contributed by atoms with Crippen LogP contribution in [0.15, 0.2) is 0 Å². The molecular weight excluding hydrogens is 793 g/mol. The second-order valence-corrected chi connectivity index (χ2v) is 14.1. The van der Waals surface area contributed by atoms with Gasteiger partial charge in [-0.3, -0.25) is 47.4 Å². The van der Waals surface area contributed by atoms with Gasteiger partial charge in [-0.1, -0.05) is 14.4 Å². The molecule has 0 aromatic carbocycles. The van der Waals surface area contributed by atoms with Crippen molar-refractivity contribution in [2.75, 3.05) is 92.1 Å². The summed E-state index contributed by atoms with van der Waals surface area (Å²) in [6.45, 7) is 7.41. The van der Waals surface area contributed by atoms with E-state index in [1.54, 1.807) is 28.1 Å². The zero-order chi connectivity index (χ0) is 44.5. The number of rotatable bonds is 21. The highest BCUT2D eigenvalue weighted by Gasteiger charge is 2.19. The van der Waals surface area contributed by atoms with E-state index in [0.717, 1.165) is 0 Å². The van der Waals surface area contributed by atoms with E-state index in [0.29, 0.717) is 64.7 Å². The van der Waals surface area contributed by atoms with Crippen molar-refractivity contribution in [2.24, 2.45) is 0 Å². The number of nitrogens with one attached hydrogen (secondary N) is 8. The van der Waals surface area contributed by atoms with E-state index < -0.39 is 44.0 Å². The number of ketones is 1. The molecule has 0 aromatic rings. The van der Waals surface area contributed by atoms with Crippen LogP contribution >= 0.6 is 0 Å². The number of hydrogen-bond donors (Lipinski definition) is 8. The monoisotopic (exact) mass is 862 g/mol. The first-order valence-electron chi connectivity index (χ1n) is 17.6. The molecule has 0 rings (SSSR count). The average molecular weight is 863 g/mol. The summed E-state index contributed by atoms with van der Waals surface area (Å²) in [6.07, 6.45) is 3.15. The van der Waals surface area contributed by atoms with E-state index in [4.69, 9.17) is 4.74 Å². The highest BCUT2D eigenvalue weighted by Crippen LogP contribution is 1.95. The van der Waals surface area contributed by atoms with Gasteiger partial charge in [0.15, 0.2) is 9.84 Å². The summed E-state index contributed by atoms with van der Waals surface area (Å²) < 4.78 is 38.0. The van der Waals surface area contributed by atoms with Gasteiger partial charge in [0.1, 0.15) is 28.8 Å². The Hall–Kier alpha value is -4.51. The van der Waals surface area contributed by atoms with Crippen molar-refractivity contribution in [3.63, 3.8) is 0 Å². The van der Waals surface area contributed by atoms with Crippen molar-refractivity contribution in [3.8, 4) is 0 Å². The Morgan fingerprint density at radius 1 is 0.509 bits per heavy atom. The number of carbonyl (C=O) groups is 9. The highest BCUT2D eigenvalue weighted by molar-refractivity contribution is 7.92. The first-order chi connectivity index (χ1) is 26.2. The minimum absolute atomic E-state index is 0. The van der Waals surface area contributed by atoms with Crippen LogP contribution in [0.5, 0.6) is 0 Å². The fraction of sp³-hybridized carbons (Fsp3) is 0.735. The van der Waals surface area contributed by atoms with Crippen LogP contribution in [0.2, 0.25) is 0 Å². The van der Waals surface area contributed by atoms with Gasteiger partial charge in [-0.05, 0) is 20.3 Å². The van der Waals surface area contributed by atoms with Crippen molar-refractivity contribution in [2.45, 2.75) is 73.1 Å². The second-order valence-electron chi connectivity index (χ2n) is 10.6. The van der Waals surface area contributed by atoms with Gasteiger partial charge in [0, 0.05) is 112 Å². The molecule has 0 radical (unpaired) electrons. The lowest BCUT2D eigenvalue weighted by atomic mass is 10.2. The van der Waals surface area contributed by atoms with Crippen molar-refractivity contribution in [1.82, 2.24) is 42.5 Å². The van der Waals surface area contributed by atoms with Crippen LogP contribution in [0.4, 0.5) is 0 Å². The summed E-state index contributed by atoms with van der Waals surface area (Å²) in [6, 6.07) is 0. The largest absolute Gasteiger partial charge is 0.381 e. The van der Waals surface area contributed by atoms with Crippen molar-refractivity contribution in [1.29, 1.82) is 0 Å². The molecule has 0 aromatic heterocycles. The Morgan fingerprint density at radius 2 is 0.877 bits per heavy atom. The minimum atomic E-state index is -3.63. The van der Waals surface area contributed by atoms with Gasteiger partial charge in [0.25, 0.3) is 0 Å². The minimum Gasteiger partial charge on any atom is -0.381 e. The Balaban J connectivity index is -0.000000143. The molecule has 23 heteroatoms. The first-order valence-corrected chi connectivity index (χ1v) is 20.9. The summed E-state index contributed by atoms with van der Waals surface area (Å²) in [7, 11) is 5.34. The number of hydrogen-bond acceptors (Lipinski definition) is 13. The van der Waals surface area contributed by atoms with E-state index in [2.05, 4.69) is 42.5 Å². The molecule has 0 saturated heterocycles. The van der Waals surface area contributed by atoms with Crippen LogP contribution in [-0.4, -0.2) is 158 Å².